The van der Waals surface area contributed by atoms with Crippen LogP contribution in [0.3, 0.4) is 0 Å². The van der Waals surface area contributed by atoms with Crippen molar-refractivity contribution < 1.29 is 4.79 Å². The third-order valence-corrected chi connectivity index (χ3v) is 4.41. The average molecular weight is 261 g/mol. The second-order valence-corrected chi connectivity index (χ2v) is 6.41. The van der Waals surface area contributed by atoms with Crippen LogP contribution >= 0.6 is 0 Å². The van der Waals surface area contributed by atoms with Crippen molar-refractivity contribution >= 4 is 5.91 Å². The van der Waals surface area contributed by atoms with Gasteiger partial charge >= 0.3 is 0 Å². The molecular formula is C15H23N3O. The maximum atomic E-state index is 12.7. The molecule has 0 bridgehead atoms. The van der Waals surface area contributed by atoms with Crippen molar-refractivity contribution in [3.63, 3.8) is 0 Å². The zero-order chi connectivity index (χ0) is 13.6. The van der Waals surface area contributed by atoms with E-state index >= 15 is 0 Å². The van der Waals surface area contributed by atoms with Gasteiger partial charge in [0.15, 0.2) is 0 Å². The summed E-state index contributed by atoms with van der Waals surface area (Å²) in [7, 11) is 0. The predicted molar refractivity (Wildman–Crippen MR) is 74.1 cm³/mol. The Morgan fingerprint density at radius 1 is 1.32 bits per heavy atom. The van der Waals surface area contributed by atoms with E-state index in [0.717, 1.165) is 18.5 Å². The third-order valence-electron chi connectivity index (χ3n) is 4.41. The van der Waals surface area contributed by atoms with Crippen molar-refractivity contribution in [2.75, 3.05) is 0 Å². The summed E-state index contributed by atoms with van der Waals surface area (Å²) < 4.78 is 0. The molecule has 2 aliphatic rings. The van der Waals surface area contributed by atoms with Crippen LogP contribution in [0.4, 0.5) is 0 Å². The lowest BCUT2D eigenvalue weighted by molar-refractivity contribution is 0.0621. The van der Waals surface area contributed by atoms with Crippen LogP contribution < -0.4 is 0 Å². The number of rotatable bonds is 5. The van der Waals surface area contributed by atoms with Gasteiger partial charge in [0.1, 0.15) is 5.69 Å². The van der Waals surface area contributed by atoms with Crippen molar-refractivity contribution in [2.24, 2.45) is 5.92 Å². The van der Waals surface area contributed by atoms with Crippen LogP contribution in [-0.4, -0.2) is 33.1 Å². The molecule has 3 rings (SSSR count). The summed E-state index contributed by atoms with van der Waals surface area (Å²) in [5, 5.41) is 7.27. The second-order valence-electron chi connectivity index (χ2n) is 6.41. The Hall–Kier alpha value is -1.32. The normalized spacial score (nSPS) is 20.6. The summed E-state index contributed by atoms with van der Waals surface area (Å²) in [6.07, 6.45) is 4.74. The molecule has 0 spiro atoms. The smallest absolute Gasteiger partial charge is 0.274 e. The Morgan fingerprint density at radius 2 is 2.00 bits per heavy atom. The molecule has 4 nitrogen and oxygen atoms in total. The SMILES string of the molecule is CC(C)[C@@H](C)N(C(=O)c1cc(C2CC2)[nH]n1)C1CC1. The highest BCUT2D eigenvalue weighted by molar-refractivity contribution is 5.93. The molecule has 0 aromatic carbocycles. The van der Waals surface area contributed by atoms with Gasteiger partial charge < -0.3 is 4.90 Å². The minimum Gasteiger partial charge on any atom is -0.331 e. The van der Waals surface area contributed by atoms with E-state index in [0.29, 0.717) is 23.6 Å². The minimum atomic E-state index is 0.104. The number of amides is 1. The van der Waals surface area contributed by atoms with Crippen molar-refractivity contribution in [2.45, 2.75) is 64.5 Å². The van der Waals surface area contributed by atoms with Gasteiger partial charge in [-0.25, -0.2) is 0 Å². The fourth-order valence-electron chi connectivity index (χ4n) is 2.54. The first-order valence-corrected chi connectivity index (χ1v) is 7.46. The molecule has 1 atom stereocenters. The predicted octanol–water partition coefficient (Wildman–Crippen LogP) is 2.94. The van der Waals surface area contributed by atoms with Gasteiger partial charge in [-0.3, -0.25) is 9.89 Å². The van der Waals surface area contributed by atoms with Crippen LogP contribution in [0.5, 0.6) is 0 Å². The van der Waals surface area contributed by atoms with E-state index in [2.05, 4.69) is 35.9 Å². The number of hydrogen-bond acceptors (Lipinski definition) is 2. The highest BCUT2D eigenvalue weighted by Crippen LogP contribution is 2.39. The molecule has 2 saturated carbocycles. The lowest BCUT2D eigenvalue weighted by Gasteiger charge is -2.31. The molecule has 0 aliphatic heterocycles. The molecular weight excluding hydrogens is 238 g/mol. The molecule has 1 aromatic rings. The van der Waals surface area contributed by atoms with E-state index in [1.54, 1.807) is 0 Å². The van der Waals surface area contributed by atoms with Crippen molar-refractivity contribution in [3.8, 4) is 0 Å². The topological polar surface area (TPSA) is 49.0 Å². The highest BCUT2D eigenvalue weighted by atomic mass is 16.2. The lowest BCUT2D eigenvalue weighted by Crippen LogP contribution is -2.43. The molecule has 1 heterocycles. The summed E-state index contributed by atoms with van der Waals surface area (Å²) in [6.45, 7) is 6.50. The standard InChI is InChI=1S/C15H23N3O/c1-9(2)10(3)18(12-6-7-12)15(19)14-8-13(16-17-14)11-4-5-11/h8-12H,4-7H2,1-3H3,(H,16,17)/t10-/m1/s1. The molecule has 4 heteroatoms. The molecule has 0 radical (unpaired) electrons. The van der Waals surface area contributed by atoms with Crippen LogP contribution in [-0.2, 0) is 0 Å². The van der Waals surface area contributed by atoms with Gasteiger partial charge in [-0.1, -0.05) is 13.8 Å². The first-order chi connectivity index (χ1) is 9.08. The minimum absolute atomic E-state index is 0.104. The third kappa shape index (κ3) is 2.53. The largest absolute Gasteiger partial charge is 0.331 e. The van der Waals surface area contributed by atoms with Crippen molar-refractivity contribution in [1.82, 2.24) is 15.1 Å². The number of aromatic amines is 1. The molecule has 104 valence electrons. The molecule has 1 N–H and O–H groups in total. The number of nitrogens with zero attached hydrogens (tertiary/aromatic N) is 2. The molecule has 19 heavy (non-hydrogen) atoms. The van der Waals surface area contributed by atoms with E-state index < -0.39 is 0 Å². The Balaban J connectivity index is 1.78. The van der Waals surface area contributed by atoms with Crippen LogP contribution in [0.1, 0.15) is 68.6 Å². The first-order valence-electron chi connectivity index (χ1n) is 7.46. The summed E-state index contributed by atoms with van der Waals surface area (Å²) >= 11 is 0. The number of nitrogens with one attached hydrogen (secondary N) is 1. The molecule has 2 fully saturated rings. The lowest BCUT2D eigenvalue weighted by atomic mass is 10.0. The van der Waals surface area contributed by atoms with Gasteiger partial charge in [-0.15, -0.1) is 0 Å². The fraction of sp³-hybridized carbons (Fsp3) is 0.733. The second kappa shape index (κ2) is 4.66. The average Bonchev–Trinajstić information content (AvgIpc) is 3.30. The Kier molecular flexibility index (Phi) is 3.11. The van der Waals surface area contributed by atoms with Gasteiger partial charge in [-0.05, 0) is 44.6 Å². The molecule has 1 amide bonds. The monoisotopic (exact) mass is 261 g/mol. The maximum absolute atomic E-state index is 12.7. The quantitative estimate of drug-likeness (QED) is 0.886. The van der Waals surface area contributed by atoms with Gasteiger partial charge in [0.2, 0.25) is 0 Å². The summed E-state index contributed by atoms with van der Waals surface area (Å²) in [6, 6.07) is 2.68. The van der Waals surface area contributed by atoms with E-state index in [4.69, 9.17) is 0 Å². The molecule has 1 aromatic heterocycles. The van der Waals surface area contributed by atoms with Gasteiger partial charge in [0.05, 0.1) is 0 Å². The zero-order valence-electron chi connectivity index (χ0n) is 12.0. The van der Waals surface area contributed by atoms with Crippen LogP contribution in [0, 0.1) is 5.92 Å². The number of hydrogen-bond donors (Lipinski definition) is 1. The van der Waals surface area contributed by atoms with E-state index in [-0.39, 0.29) is 11.9 Å². The Bertz CT molecular complexity index is 471. The van der Waals surface area contributed by atoms with Crippen molar-refractivity contribution in [3.05, 3.63) is 17.5 Å². The van der Waals surface area contributed by atoms with Crippen LogP contribution in [0.25, 0.3) is 0 Å². The number of carbonyl (C=O) groups is 1. The first kappa shape index (κ1) is 12.7. The maximum Gasteiger partial charge on any atom is 0.274 e. The van der Waals surface area contributed by atoms with E-state index in [1.165, 1.54) is 12.8 Å². The van der Waals surface area contributed by atoms with Gasteiger partial charge in [0, 0.05) is 23.7 Å². The number of carbonyl (C=O) groups excluding carboxylic acids is 1. The number of aromatic nitrogens is 2. The summed E-state index contributed by atoms with van der Waals surface area (Å²) in [5.41, 5.74) is 1.73. The molecule has 2 aliphatic carbocycles. The zero-order valence-corrected chi connectivity index (χ0v) is 12.0. The summed E-state index contributed by atoms with van der Waals surface area (Å²) in [4.78, 5) is 14.7. The van der Waals surface area contributed by atoms with Gasteiger partial charge in [0.25, 0.3) is 5.91 Å². The van der Waals surface area contributed by atoms with Crippen molar-refractivity contribution in [1.29, 1.82) is 0 Å². The Morgan fingerprint density at radius 3 is 2.53 bits per heavy atom. The highest BCUT2D eigenvalue weighted by Gasteiger charge is 2.38. The number of H-pyrrole nitrogens is 1. The van der Waals surface area contributed by atoms with Crippen LogP contribution in [0.2, 0.25) is 0 Å². The van der Waals surface area contributed by atoms with E-state index in [1.807, 2.05) is 6.07 Å². The molecule has 0 unspecified atom stereocenters. The Labute approximate surface area is 114 Å². The van der Waals surface area contributed by atoms with Crippen LogP contribution in [0.15, 0.2) is 6.07 Å². The fourth-order valence-corrected chi connectivity index (χ4v) is 2.54. The van der Waals surface area contributed by atoms with Gasteiger partial charge in [-0.2, -0.15) is 5.10 Å². The van der Waals surface area contributed by atoms with E-state index in [9.17, 15) is 4.79 Å². The summed E-state index contributed by atoms with van der Waals surface area (Å²) in [5.74, 6) is 1.20. The molecule has 0 saturated heterocycles.